The fourth-order valence-corrected chi connectivity index (χ4v) is 3.32. The largest absolute Gasteiger partial charge is 0.372 e. The standard InChI is InChI=1S/C19H20BrFN2O/c1-13-8-10-23(11-9-13)16-5-3-15(4-6-16)22-19(24)17-12-14(21)2-7-18(17)20/h2-7,12-13H,8-11H2,1H3,(H,22,24). The molecule has 1 heterocycles. The minimum absolute atomic E-state index is 0.282. The third kappa shape index (κ3) is 3.96. The van der Waals surface area contributed by atoms with Crippen molar-refractivity contribution in [2.24, 2.45) is 5.92 Å². The highest BCUT2D eigenvalue weighted by Crippen LogP contribution is 2.25. The van der Waals surface area contributed by atoms with Gasteiger partial charge in [-0.05, 0) is 77.2 Å². The summed E-state index contributed by atoms with van der Waals surface area (Å²) in [6, 6.07) is 11.9. The maximum Gasteiger partial charge on any atom is 0.256 e. The molecule has 0 unspecified atom stereocenters. The van der Waals surface area contributed by atoms with Crippen molar-refractivity contribution in [3.8, 4) is 0 Å². The molecule has 1 aliphatic heterocycles. The molecule has 0 atom stereocenters. The number of anilines is 2. The number of rotatable bonds is 3. The second kappa shape index (κ2) is 7.34. The summed E-state index contributed by atoms with van der Waals surface area (Å²) >= 11 is 3.28. The third-order valence-corrected chi connectivity index (χ3v) is 5.14. The lowest BCUT2D eigenvalue weighted by molar-refractivity contribution is 0.102. The Hall–Kier alpha value is -1.88. The third-order valence-electron chi connectivity index (χ3n) is 4.45. The highest BCUT2D eigenvalue weighted by atomic mass is 79.9. The maximum atomic E-state index is 13.3. The van der Waals surface area contributed by atoms with Crippen LogP contribution in [0.3, 0.4) is 0 Å². The summed E-state index contributed by atoms with van der Waals surface area (Å²) < 4.78 is 13.9. The molecule has 2 aromatic carbocycles. The molecule has 3 rings (SSSR count). The van der Waals surface area contributed by atoms with Crippen molar-refractivity contribution in [3.05, 3.63) is 58.3 Å². The Morgan fingerprint density at radius 2 is 1.83 bits per heavy atom. The monoisotopic (exact) mass is 390 g/mol. The number of nitrogens with zero attached hydrogens (tertiary/aromatic N) is 1. The zero-order chi connectivity index (χ0) is 17.1. The minimum Gasteiger partial charge on any atom is -0.372 e. The summed E-state index contributed by atoms with van der Waals surface area (Å²) in [7, 11) is 0. The molecule has 0 aromatic heterocycles. The van der Waals surface area contributed by atoms with Crippen LogP contribution in [0.25, 0.3) is 0 Å². The Balaban J connectivity index is 1.68. The van der Waals surface area contributed by atoms with Gasteiger partial charge in [0, 0.05) is 28.9 Å². The highest BCUT2D eigenvalue weighted by molar-refractivity contribution is 9.10. The number of nitrogens with one attached hydrogen (secondary N) is 1. The van der Waals surface area contributed by atoms with Gasteiger partial charge in [-0.25, -0.2) is 4.39 Å². The molecule has 0 bridgehead atoms. The summed E-state index contributed by atoms with van der Waals surface area (Å²) in [6.45, 7) is 4.44. The van der Waals surface area contributed by atoms with Crippen molar-refractivity contribution in [2.45, 2.75) is 19.8 Å². The second-order valence-corrected chi connectivity index (χ2v) is 7.15. The number of carbonyl (C=O) groups excluding carboxylic acids is 1. The van der Waals surface area contributed by atoms with Crippen molar-refractivity contribution >= 4 is 33.2 Å². The first-order valence-corrected chi connectivity index (χ1v) is 8.93. The minimum atomic E-state index is -0.432. The van der Waals surface area contributed by atoms with Crippen molar-refractivity contribution < 1.29 is 9.18 Å². The second-order valence-electron chi connectivity index (χ2n) is 6.29. The van der Waals surface area contributed by atoms with E-state index in [4.69, 9.17) is 0 Å². The first kappa shape index (κ1) is 17.0. The van der Waals surface area contributed by atoms with Crippen LogP contribution in [0.2, 0.25) is 0 Å². The van der Waals surface area contributed by atoms with Gasteiger partial charge in [0.1, 0.15) is 5.82 Å². The lowest BCUT2D eigenvalue weighted by Gasteiger charge is -2.32. The van der Waals surface area contributed by atoms with Gasteiger partial charge in [0.05, 0.1) is 5.56 Å². The van der Waals surface area contributed by atoms with Crippen LogP contribution in [0, 0.1) is 11.7 Å². The Kier molecular flexibility index (Phi) is 5.19. The van der Waals surface area contributed by atoms with Gasteiger partial charge in [-0.15, -0.1) is 0 Å². The maximum absolute atomic E-state index is 13.3. The topological polar surface area (TPSA) is 32.3 Å². The smallest absolute Gasteiger partial charge is 0.256 e. The van der Waals surface area contributed by atoms with E-state index in [0.29, 0.717) is 10.2 Å². The Bertz CT molecular complexity index is 725. The first-order valence-electron chi connectivity index (χ1n) is 8.14. The van der Waals surface area contributed by atoms with Crippen LogP contribution in [0.5, 0.6) is 0 Å². The fourth-order valence-electron chi connectivity index (χ4n) is 2.89. The Morgan fingerprint density at radius 3 is 2.50 bits per heavy atom. The van der Waals surface area contributed by atoms with Crippen molar-refractivity contribution in [1.82, 2.24) is 0 Å². The van der Waals surface area contributed by atoms with E-state index in [1.807, 2.05) is 24.3 Å². The Morgan fingerprint density at radius 1 is 1.17 bits per heavy atom. The quantitative estimate of drug-likeness (QED) is 0.792. The van der Waals surface area contributed by atoms with E-state index in [0.717, 1.165) is 19.0 Å². The van der Waals surface area contributed by atoms with E-state index >= 15 is 0 Å². The number of hydrogen-bond donors (Lipinski definition) is 1. The van der Waals surface area contributed by atoms with Crippen LogP contribution < -0.4 is 10.2 Å². The van der Waals surface area contributed by atoms with Crippen LogP contribution in [0.4, 0.5) is 15.8 Å². The van der Waals surface area contributed by atoms with Crippen LogP contribution in [0.15, 0.2) is 46.9 Å². The number of benzene rings is 2. The molecular formula is C19H20BrFN2O. The van der Waals surface area contributed by atoms with E-state index in [9.17, 15) is 9.18 Å². The lowest BCUT2D eigenvalue weighted by Crippen LogP contribution is -2.32. The number of carbonyl (C=O) groups is 1. The van der Waals surface area contributed by atoms with Crippen molar-refractivity contribution in [3.63, 3.8) is 0 Å². The summed E-state index contributed by atoms with van der Waals surface area (Å²) in [5.74, 6) is 0.0310. The van der Waals surface area contributed by atoms with Crippen LogP contribution in [-0.2, 0) is 0 Å². The molecule has 24 heavy (non-hydrogen) atoms. The molecule has 0 radical (unpaired) electrons. The first-order chi connectivity index (χ1) is 11.5. The van der Waals surface area contributed by atoms with Gasteiger partial charge in [0.25, 0.3) is 5.91 Å². The molecule has 0 aliphatic carbocycles. The predicted octanol–water partition coefficient (Wildman–Crippen LogP) is 5.08. The van der Waals surface area contributed by atoms with Gasteiger partial charge in [-0.3, -0.25) is 4.79 Å². The molecule has 1 N–H and O–H groups in total. The van der Waals surface area contributed by atoms with E-state index in [1.165, 1.54) is 36.7 Å². The molecular weight excluding hydrogens is 371 g/mol. The zero-order valence-corrected chi connectivity index (χ0v) is 15.1. The molecule has 0 spiro atoms. The number of halogens is 2. The van der Waals surface area contributed by atoms with E-state index in [2.05, 4.69) is 33.1 Å². The lowest BCUT2D eigenvalue weighted by atomic mass is 9.99. The van der Waals surface area contributed by atoms with Crippen molar-refractivity contribution in [1.29, 1.82) is 0 Å². The molecule has 3 nitrogen and oxygen atoms in total. The van der Waals surface area contributed by atoms with Gasteiger partial charge in [-0.1, -0.05) is 6.92 Å². The summed E-state index contributed by atoms with van der Waals surface area (Å²) in [4.78, 5) is 14.7. The number of hydrogen-bond acceptors (Lipinski definition) is 2. The van der Waals surface area contributed by atoms with E-state index < -0.39 is 5.82 Å². The normalized spacial score (nSPS) is 15.4. The molecule has 1 amide bonds. The van der Waals surface area contributed by atoms with E-state index in [1.54, 1.807) is 0 Å². The zero-order valence-electron chi connectivity index (χ0n) is 13.6. The van der Waals surface area contributed by atoms with E-state index in [-0.39, 0.29) is 11.5 Å². The molecule has 2 aromatic rings. The van der Waals surface area contributed by atoms with Gasteiger partial charge < -0.3 is 10.2 Å². The average molecular weight is 391 g/mol. The fraction of sp³-hybridized carbons (Fsp3) is 0.316. The molecule has 5 heteroatoms. The Labute approximate surface area is 150 Å². The summed E-state index contributed by atoms with van der Waals surface area (Å²) in [5, 5.41) is 2.81. The van der Waals surface area contributed by atoms with Crippen molar-refractivity contribution in [2.75, 3.05) is 23.3 Å². The van der Waals surface area contributed by atoms with Crippen LogP contribution in [-0.4, -0.2) is 19.0 Å². The van der Waals surface area contributed by atoms with Gasteiger partial charge in [-0.2, -0.15) is 0 Å². The SMILES string of the molecule is CC1CCN(c2ccc(NC(=O)c3cc(F)ccc3Br)cc2)CC1. The average Bonchev–Trinajstić information content (AvgIpc) is 2.58. The van der Waals surface area contributed by atoms with Gasteiger partial charge in [0.15, 0.2) is 0 Å². The van der Waals surface area contributed by atoms with Crippen LogP contribution >= 0.6 is 15.9 Å². The molecule has 126 valence electrons. The van der Waals surface area contributed by atoms with Gasteiger partial charge in [0.2, 0.25) is 0 Å². The number of amides is 1. The highest BCUT2D eigenvalue weighted by Gasteiger charge is 2.16. The van der Waals surface area contributed by atoms with Gasteiger partial charge >= 0.3 is 0 Å². The number of piperidine rings is 1. The molecule has 1 fully saturated rings. The molecule has 1 aliphatic rings. The summed E-state index contributed by atoms with van der Waals surface area (Å²) in [6.07, 6.45) is 2.43. The summed E-state index contributed by atoms with van der Waals surface area (Å²) in [5.41, 5.74) is 2.15. The molecule has 0 saturated carbocycles. The molecule has 1 saturated heterocycles. The predicted molar refractivity (Wildman–Crippen MR) is 99.1 cm³/mol. The van der Waals surface area contributed by atoms with Crippen LogP contribution in [0.1, 0.15) is 30.1 Å².